The van der Waals surface area contributed by atoms with Crippen LogP contribution in [0.4, 0.5) is 6.01 Å². The van der Waals surface area contributed by atoms with Crippen molar-refractivity contribution >= 4 is 11.9 Å². The Morgan fingerprint density at radius 3 is 2.50 bits per heavy atom. The number of piperazine rings is 1. The van der Waals surface area contributed by atoms with Gasteiger partial charge in [0.05, 0.1) is 0 Å². The van der Waals surface area contributed by atoms with E-state index in [2.05, 4.69) is 47.1 Å². The van der Waals surface area contributed by atoms with Crippen LogP contribution in [0.25, 0.3) is 0 Å². The van der Waals surface area contributed by atoms with Crippen molar-refractivity contribution in [3.63, 3.8) is 0 Å². The minimum atomic E-state index is 0.273. The van der Waals surface area contributed by atoms with Crippen molar-refractivity contribution in [2.45, 2.75) is 52.4 Å². The number of carbonyl (C=O) groups excluding carboxylic acids is 1. The summed E-state index contributed by atoms with van der Waals surface area (Å²) in [6.45, 7) is 9.22. The van der Waals surface area contributed by atoms with Gasteiger partial charge in [0, 0.05) is 39.0 Å². The highest BCUT2D eigenvalue weighted by atomic mass is 16.4. The largest absolute Gasteiger partial charge is 0.408 e. The van der Waals surface area contributed by atoms with Gasteiger partial charge < -0.3 is 14.2 Å². The van der Waals surface area contributed by atoms with E-state index in [0.717, 1.165) is 19.5 Å². The summed E-state index contributed by atoms with van der Waals surface area (Å²) >= 11 is 0. The lowest BCUT2D eigenvalue weighted by Crippen LogP contribution is -2.49. The van der Waals surface area contributed by atoms with Crippen molar-refractivity contribution < 1.29 is 9.21 Å². The van der Waals surface area contributed by atoms with Crippen LogP contribution in [-0.2, 0) is 11.2 Å². The highest BCUT2D eigenvalue weighted by Gasteiger charge is 2.35. The monoisotopic (exact) mass is 382 g/mol. The minimum absolute atomic E-state index is 0.273. The molecule has 1 saturated carbocycles. The molecule has 1 aromatic carbocycles. The van der Waals surface area contributed by atoms with Crippen molar-refractivity contribution in [3.05, 3.63) is 40.8 Å². The molecule has 6 nitrogen and oxygen atoms in total. The minimum Gasteiger partial charge on any atom is -0.408 e. The first kappa shape index (κ1) is 19.0. The van der Waals surface area contributed by atoms with E-state index in [4.69, 9.17) is 4.42 Å². The number of amides is 1. The quantitative estimate of drug-likeness (QED) is 0.765. The number of anilines is 1. The lowest BCUT2D eigenvalue weighted by molar-refractivity contribution is -0.132. The van der Waals surface area contributed by atoms with E-state index in [1.165, 1.54) is 29.5 Å². The van der Waals surface area contributed by atoms with Gasteiger partial charge in [0.25, 0.3) is 0 Å². The summed E-state index contributed by atoms with van der Waals surface area (Å²) in [5.74, 6) is 1.95. The Morgan fingerprint density at radius 1 is 1.14 bits per heavy atom. The predicted molar refractivity (Wildman–Crippen MR) is 108 cm³/mol. The maximum absolute atomic E-state index is 13.0. The van der Waals surface area contributed by atoms with Gasteiger partial charge in [0.15, 0.2) is 0 Å². The molecule has 0 N–H and O–H groups in total. The Kier molecular flexibility index (Phi) is 5.38. The van der Waals surface area contributed by atoms with Gasteiger partial charge in [-0.05, 0) is 55.2 Å². The van der Waals surface area contributed by atoms with Gasteiger partial charge in [-0.15, -0.1) is 5.10 Å². The van der Waals surface area contributed by atoms with Gasteiger partial charge in [-0.1, -0.05) is 30.2 Å². The summed E-state index contributed by atoms with van der Waals surface area (Å²) < 4.78 is 5.65. The molecule has 0 radical (unpaired) electrons. The second kappa shape index (κ2) is 7.94. The maximum Gasteiger partial charge on any atom is 0.318 e. The van der Waals surface area contributed by atoms with E-state index in [1.54, 1.807) is 0 Å². The molecule has 2 fully saturated rings. The number of aryl methyl sites for hydroxylation is 3. The molecule has 1 aliphatic heterocycles. The first-order valence-electron chi connectivity index (χ1n) is 10.5. The van der Waals surface area contributed by atoms with Crippen LogP contribution >= 0.6 is 0 Å². The van der Waals surface area contributed by atoms with Crippen LogP contribution in [0.15, 0.2) is 22.6 Å². The summed E-state index contributed by atoms with van der Waals surface area (Å²) in [5, 5.41) is 8.16. The number of nitrogens with zero attached hydrogens (tertiary/aromatic N) is 4. The fourth-order valence-electron chi connectivity index (χ4n) is 4.03. The number of aromatic nitrogens is 2. The normalized spacial score (nSPS) is 18.4. The zero-order chi connectivity index (χ0) is 19.7. The van der Waals surface area contributed by atoms with E-state index < -0.39 is 0 Å². The molecule has 1 aromatic heterocycles. The van der Waals surface area contributed by atoms with E-state index in [9.17, 15) is 4.79 Å². The van der Waals surface area contributed by atoms with Gasteiger partial charge in [-0.3, -0.25) is 4.79 Å². The number of benzene rings is 1. The average molecular weight is 383 g/mol. The molecular formula is C22H30N4O2. The summed E-state index contributed by atoms with van der Waals surface area (Å²) in [6.07, 6.45) is 3.85. The van der Waals surface area contributed by atoms with Gasteiger partial charge in [-0.2, -0.15) is 0 Å². The second-order valence-electron chi connectivity index (χ2n) is 8.19. The zero-order valence-corrected chi connectivity index (χ0v) is 17.1. The van der Waals surface area contributed by atoms with Crippen LogP contribution < -0.4 is 4.90 Å². The summed E-state index contributed by atoms with van der Waals surface area (Å²) in [7, 11) is 0. The van der Waals surface area contributed by atoms with Crippen molar-refractivity contribution in [1.82, 2.24) is 15.1 Å². The van der Waals surface area contributed by atoms with E-state index in [-0.39, 0.29) is 5.91 Å². The number of carbonyl (C=O) groups is 1. The second-order valence-corrected chi connectivity index (χ2v) is 8.19. The van der Waals surface area contributed by atoms with E-state index in [0.29, 0.717) is 43.3 Å². The maximum atomic E-state index is 13.0. The highest BCUT2D eigenvalue weighted by Crippen LogP contribution is 2.45. The Morgan fingerprint density at radius 2 is 1.89 bits per heavy atom. The highest BCUT2D eigenvalue weighted by molar-refractivity contribution is 5.77. The standard InChI is InChI=1S/C22H30N4O2/c1-4-20-23-24-22(28-20)26-11-9-25(10-12-26)21(27)14-19(17-7-8-17)18-6-5-15(2)16(3)13-18/h5-6,13,17,19H,4,7-12,14H2,1-3H3. The van der Waals surface area contributed by atoms with Crippen LogP contribution in [0.3, 0.4) is 0 Å². The smallest absolute Gasteiger partial charge is 0.318 e. The Labute approximate surface area is 166 Å². The summed E-state index contributed by atoms with van der Waals surface area (Å²) in [5.41, 5.74) is 3.96. The molecule has 0 spiro atoms. The zero-order valence-electron chi connectivity index (χ0n) is 17.1. The molecule has 1 saturated heterocycles. The fraction of sp³-hybridized carbons (Fsp3) is 0.591. The number of hydrogen-bond acceptors (Lipinski definition) is 5. The van der Waals surface area contributed by atoms with Crippen molar-refractivity contribution in [3.8, 4) is 0 Å². The third-order valence-corrected chi connectivity index (χ3v) is 6.21. The predicted octanol–water partition coefficient (Wildman–Crippen LogP) is 3.48. The Bertz CT molecular complexity index is 835. The molecule has 28 heavy (non-hydrogen) atoms. The number of rotatable bonds is 6. The Balaban J connectivity index is 1.37. The van der Waals surface area contributed by atoms with Gasteiger partial charge in [-0.25, -0.2) is 0 Å². The first-order valence-corrected chi connectivity index (χ1v) is 10.5. The van der Waals surface area contributed by atoms with Crippen molar-refractivity contribution in [1.29, 1.82) is 0 Å². The van der Waals surface area contributed by atoms with Gasteiger partial charge in [0.2, 0.25) is 11.8 Å². The molecule has 2 aromatic rings. The van der Waals surface area contributed by atoms with E-state index >= 15 is 0 Å². The molecule has 150 valence electrons. The topological polar surface area (TPSA) is 62.5 Å². The third-order valence-electron chi connectivity index (χ3n) is 6.21. The first-order chi connectivity index (χ1) is 13.5. The van der Waals surface area contributed by atoms with Gasteiger partial charge >= 0.3 is 6.01 Å². The van der Waals surface area contributed by atoms with Gasteiger partial charge in [0.1, 0.15) is 0 Å². The molecule has 4 rings (SSSR count). The molecule has 6 heteroatoms. The van der Waals surface area contributed by atoms with Crippen LogP contribution in [0, 0.1) is 19.8 Å². The molecule has 1 amide bonds. The SMILES string of the molecule is CCc1nnc(N2CCN(C(=O)CC(c3ccc(C)c(C)c3)C3CC3)CC2)o1. The molecule has 0 bridgehead atoms. The van der Waals surface area contributed by atoms with Crippen LogP contribution in [0.2, 0.25) is 0 Å². The molecule has 1 atom stereocenters. The van der Waals surface area contributed by atoms with Crippen molar-refractivity contribution in [2.75, 3.05) is 31.1 Å². The average Bonchev–Trinajstić information content (AvgIpc) is 3.44. The molecule has 1 unspecified atom stereocenters. The molecular weight excluding hydrogens is 352 g/mol. The molecule has 2 heterocycles. The van der Waals surface area contributed by atoms with Crippen molar-refractivity contribution in [2.24, 2.45) is 5.92 Å². The van der Waals surface area contributed by atoms with Crippen LogP contribution in [0.1, 0.15) is 54.7 Å². The molecule has 1 aliphatic carbocycles. The van der Waals surface area contributed by atoms with Crippen LogP contribution in [-0.4, -0.2) is 47.2 Å². The number of hydrogen-bond donors (Lipinski definition) is 0. The molecule has 2 aliphatic rings. The fourth-order valence-corrected chi connectivity index (χ4v) is 4.03. The lowest BCUT2D eigenvalue weighted by atomic mass is 9.88. The van der Waals surface area contributed by atoms with E-state index in [1.807, 2.05) is 11.8 Å². The summed E-state index contributed by atoms with van der Waals surface area (Å²) in [6, 6.07) is 7.27. The Hall–Kier alpha value is -2.37. The lowest BCUT2D eigenvalue weighted by Gasteiger charge is -2.34. The van der Waals surface area contributed by atoms with Crippen LogP contribution in [0.5, 0.6) is 0 Å². The third kappa shape index (κ3) is 4.05. The summed E-state index contributed by atoms with van der Waals surface area (Å²) in [4.78, 5) is 17.1.